The van der Waals surface area contributed by atoms with Crippen molar-refractivity contribution in [1.29, 1.82) is 0 Å². The minimum Gasteiger partial charge on any atom is -0.288 e. The highest BCUT2D eigenvalue weighted by atomic mass is 32.1. The molecule has 0 radical (unpaired) electrons. The van der Waals surface area contributed by atoms with Crippen molar-refractivity contribution in [3.05, 3.63) is 73.8 Å². The molecule has 0 bridgehead atoms. The highest BCUT2D eigenvalue weighted by Gasteiger charge is 2.28. The third-order valence-corrected chi connectivity index (χ3v) is 3.15. The van der Waals surface area contributed by atoms with Gasteiger partial charge in [0.25, 0.3) is 11.4 Å². The van der Waals surface area contributed by atoms with E-state index in [9.17, 15) is 25.0 Å². The van der Waals surface area contributed by atoms with Crippen LogP contribution >= 0.6 is 12.6 Å². The first-order valence-corrected chi connectivity index (χ1v) is 6.12. The molecule has 21 heavy (non-hydrogen) atoms. The van der Waals surface area contributed by atoms with Gasteiger partial charge in [-0.1, -0.05) is 18.2 Å². The van der Waals surface area contributed by atoms with E-state index >= 15 is 0 Å². The molecule has 0 aromatic heterocycles. The van der Waals surface area contributed by atoms with Crippen LogP contribution in [0.3, 0.4) is 0 Å². The molecular weight excluding hydrogens is 296 g/mol. The summed E-state index contributed by atoms with van der Waals surface area (Å²) in [5.74, 6) is -0.787. The van der Waals surface area contributed by atoms with E-state index in [1.807, 2.05) is 0 Å². The summed E-state index contributed by atoms with van der Waals surface area (Å²) < 4.78 is 0. The molecule has 0 amide bonds. The topological polar surface area (TPSA) is 103 Å². The number of para-hydroxylation sites is 2. The van der Waals surface area contributed by atoms with Gasteiger partial charge in [0.15, 0.2) is 0 Å². The summed E-state index contributed by atoms with van der Waals surface area (Å²) in [5, 5.41) is 22.0. The average Bonchev–Trinajstić information content (AvgIpc) is 2.45. The third-order valence-electron chi connectivity index (χ3n) is 2.79. The van der Waals surface area contributed by atoms with E-state index in [1.165, 1.54) is 42.5 Å². The number of hydrogen-bond acceptors (Lipinski definition) is 6. The van der Waals surface area contributed by atoms with Crippen molar-refractivity contribution in [3.8, 4) is 0 Å². The molecule has 0 aliphatic rings. The maximum absolute atomic E-state index is 12.4. The Bertz CT molecular complexity index is 760. The lowest BCUT2D eigenvalue weighted by Crippen LogP contribution is -2.08. The molecule has 0 aliphatic carbocycles. The van der Waals surface area contributed by atoms with Crippen molar-refractivity contribution < 1.29 is 14.6 Å². The molecule has 0 fully saturated rings. The second kappa shape index (κ2) is 5.71. The molecule has 0 atom stereocenters. The van der Waals surface area contributed by atoms with Crippen molar-refractivity contribution in [2.75, 3.05) is 0 Å². The van der Waals surface area contributed by atoms with Crippen molar-refractivity contribution in [1.82, 2.24) is 0 Å². The van der Waals surface area contributed by atoms with E-state index in [0.29, 0.717) is 0 Å². The Labute approximate surface area is 123 Å². The first kappa shape index (κ1) is 14.7. The minimum absolute atomic E-state index is 0.0180. The molecule has 0 saturated carbocycles. The van der Waals surface area contributed by atoms with Crippen LogP contribution in [-0.4, -0.2) is 15.6 Å². The first-order valence-electron chi connectivity index (χ1n) is 5.68. The molecule has 0 saturated heterocycles. The molecule has 0 heterocycles. The van der Waals surface area contributed by atoms with Gasteiger partial charge in [-0.15, -0.1) is 12.6 Å². The van der Waals surface area contributed by atoms with Crippen molar-refractivity contribution in [3.63, 3.8) is 0 Å². The monoisotopic (exact) mass is 304 g/mol. The maximum Gasteiger partial charge on any atom is 0.293 e. The van der Waals surface area contributed by atoms with Crippen LogP contribution in [0.25, 0.3) is 0 Å². The Morgan fingerprint density at radius 1 is 0.905 bits per heavy atom. The zero-order chi connectivity index (χ0) is 15.6. The van der Waals surface area contributed by atoms with Crippen LogP contribution in [0.15, 0.2) is 47.4 Å². The molecule has 2 aromatic rings. The van der Waals surface area contributed by atoms with E-state index in [1.54, 1.807) is 0 Å². The summed E-state index contributed by atoms with van der Waals surface area (Å²) in [6, 6.07) is 9.35. The first-order chi connectivity index (χ1) is 9.93. The van der Waals surface area contributed by atoms with Crippen LogP contribution in [0, 0.1) is 20.2 Å². The quantitative estimate of drug-likeness (QED) is 0.404. The van der Waals surface area contributed by atoms with Gasteiger partial charge in [-0.2, -0.15) is 0 Å². The Hall–Kier alpha value is -2.74. The normalized spacial score (nSPS) is 10.1. The second-order valence-electron chi connectivity index (χ2n) is 4.03. The Balaban J connectivity index is 2.64. The molecule has 0 unspecified atom stereocenters. The molecule has 2 aromatic carbocycles. The van der Waals surface area contributed by atoms with E-state index in [2.05, 4.69) is 12.6 Å². The number of ketones is 1. The second-order valence-corrected chi connectivity index (χ2v) is 4.52. The summed E-state index contributed by atoms with van der Waals surface area (Å²) >= 11 is 3.95. The highest BCUT2D eigenvalue weighted by molar-refractivity contribution is 7.80. The SMILES string of the molecule is O=C(c1ccccc1[N+](=O)[O-])c1cccc(S)c1[N+](=O)[O-]. The fraction of sp³-hybridized carbons (Fsp3) is 0. The predicted molar refractivity (Wildman–Crippen MR) is 76.9 cm³/mol. The van der Waals surface area contributed by atoms with E-state index in [0.717, 1.165) is 0 Å². The zero-order valence-electron chi connectivity index (χ0n) is 10.4. The number of benzene rings is 2. The lowest BCUT2D eigenvalue weighted by atomic mass is 10.0. The smallest absolute Gasteiger partial charge is 0.288 e. The van der Waals surface area contributed by atoms with E-state index in [-0.39, 0.29) is 16.0 Å². The summed E-state index contributed by atoms with van der Waals surface area (Å²) in [6.07, 6.45) is 0. The predicted octanol–water partition coefficient (Wildman–Crippen LogP) is 3.02. The number of nitro groups is 2. The summed E-state index contributed by atoms with van der Waals surface area (Å²) in [4.78, 5) is 33.0. The van der Waals surface area contributed by atoms with Crippen LogP contribution in [-0.2, 0) is 0 Å². The third kappa shape index (κ3) is 2.75. The summed E-state index contributed by atoms with van der Waals surface area (Å²) in [5.41, 5.74) is -1.31. The Morgan fingerprint density at radius 3 is 2.14 bits per heavy atom. The van der Waals surface area contributed by atoms with Crippen LogP contribution in [0.2, 0.25) is 0 Å². The minimum atomic E-state index is -0.787. The number of nitrogens with zero attached hydrogens (tertiary/aromatic N) is 2. The number of carbonyl (C=O) groups is 1. The van der Waals surface area contributed by atoms with Gasteiger partial charge in [0.05, 0.1) is 14.7 Å². The Kier molecular flexibility index (Phi) is 3.99. The van der Waals surface area contributed by atoms with Gasteiger partial charge in [0.2, 0.25) is 5.78 Å². The summed E-state index contributed by atoms with van der Waals surface area (Å²) in [7, 11) is 0. The zero-order valence-corrected chi connectivity index (χ0v) is 11.3. The van der Waals surface area contributed by atoms with Crippen molar-refractivity contribution >= 4 is 29.8 Å². The van der Waals surface area contributed by atoms with Gasteiger partial charge in [0, 0.05) is 6.07 Å². The Morgan fingerprint density at radius 2 is 1.52 bits per heavy atom. The number of hydrogen-bond donors (Lipinski definition) is 1. The fourth-order valence-electron chi connectivity index (χ4n) is 1.88. The molecule has 0 aliphatic heterocycles. The standard InChI is InChI=1S/C13H8N2O5S/c16-13(8-4-1-2-6-10(8)14(17)18)9-5-3-7-11(21)12(9)15(19)20/h1-7,21H. The van der Waals surface area contributed by atoms with Gasteiger partial charge >= 0.3 is 0 Å². The molecule has 2 rings (SSSR count). The molecule has 106 valence electrons. The molecular formula is C13H8N2O5S. The summed E-state index contributed by atoms with van der Waals surface area (Å²) in [6.45, 7) is 0. The van der Waals surface area contributed by atoms with E-state index < -0.39 is 27.0 Å². The van der Waals surface area contributed by atoms with Gasteiger partial charge in [-0.25, -0.2) is 0 Å². The fourth-order valence-corrected chi connectivity index (χ4v) is 2.16. The highest BCUT2D eigenvalue weighted by Crippen LogP contribution is 2.30. The molecule has 7 nitrogen and oxygen atoms in total. The largest absolute Gasteiger partial charge is 0.293 e. The number of carbonyl (C=O) groups excluding carboxylic acids is 1. The van der Waals surface area contributed by atoms with Gasteiger partial charge < -0.3 is 0 Å². The number of thiol groups is 1. The van der Waals surface area contributed by atoms with Crippen LogP contribution in [0.1, 0.15) is 15.9 Å². The van der Waals surface area contributed by atoms with Gasteiger partial charge in [0.1, 0.15) is 11.1 Å². The lowest BCUT2D eigenvalue weighted by molar-refractivity contribution is -0.388. The molecule has 0 N–H and O–H groups in total. The maximum atomic E-state index is 12.4. The average molecular weight is 304 g/mol. The lowest BCUT2D eigenvalue weighted by Gasteiger charge is -2.05. The van der Waals surface area contributed by atoms with Crippen molar-refractivity contribution in [2.45, 2.75) is 4.90 Å². The van der Waals surface area contributed by atoms with Gasteiger partial charge in [-0.05, 0) is 18.2 Å². The van der Waals surface area contributed by atoms with Crippen molar-refractivity contribution in [2.24, 2.45) is 0 Å². The van der Waals surface area contributed by atoms with Gasteiger partial charge in [-0.3, -0.25) is 25.0 Å². The van der Waals surface area contributed by atoms with E-state index in [4.69, 9.17) is 0 Å². The molecule has 8 heteroatoms. The van der Waals surface area contributed by atoms with Crippen LogP contribution < -0.4 is 0 Å². The number of nitro benzene ring substituents is 2. The van der Waals surface area contributed by atoms with Crippen LogP contribution in [0.4, 0.5) is 11.4 Å². The van der Waals surface area contributed by atoms with Crippen LogP contribution in [0.5, 0.6) is 0 Å². The molecule has 0 spiro atoms. The number of rotatable bonds is 4.